The predicted octanol–water partition coefficient (Wildman–Crippen LogP) is 15.7. The standard InChI is InChI=1S/C59H40F3N5/c1-37-27-29-45(38(2)31-37)43-28-30-55-47(32-43)46-25-15-16-26-54(46)67(55)56-48(53-36-52(41-21-11-5-12-22-41)63-57(66-53)42-23-13-6-14-24-42)33-44(59(60,61)62)34-49(56)58-64-50(39-17-7-3-8-18-39)35-51(65-58)40-19-9-4-10-20-40/h3-36H,1-2H3. The fraction of sp³-hybridized carbons (Fsp3) is 0.0508. The lowest BCUT2D eigenvalue weighted by Crippen LogP contribution is -2.11. The van der Waals surface area contributed by atoms with Gasteiger partial charge in [0.15, 0.2) is 11.6 Å². The highest BCUT2D eigenvalue weighted by Gasteiger charge is 2.35. The second kappa shape index (κ2) is 16.8. The summed E-state index contributed by atoms with van der Waals surface area (Å²) in [6.07, 6.45) is -4.76. The largest absolute Gasteiger partial charge is 0.416 e. The summed E-state index contributed by atoms with van der Waals surface area (Å²) in [6.45, 7) is 4.19. The molecule has 322 valence electrons. The molecule has 3 aromatic heterocycles. The fourth-order valence-electron chi connectivity index (χ4n) is 9.06. The Hall–Kier alpha value is -8.49. The van der Waals surface area contributed by atoms with Crippen LogP contribution in [0.2, 0.25) is 0 Å². The molecule has 8 aromatic carbocycles. The minimum absolute atomic E-state index is 0.126. The van der Waals surface area contributed by atoms with Gasteiger partial charge < -0.3 is 4.57 Å². The minimum atomic E-state index is -4.76. The number of aryl methyl sites for hydroxylation is 2. The van der Waals surface area contributed by atoms with E-state index >= 15 is 13.2 Å². The molecule has 0 aliphatic heterocycles. The van der Waals surface area contributed by atoms with Gasteiger partial charge >= 0.3 is 6.18 Å². The van der Waals surface area contributed by atoms with Crippen molar-refractivity contribution in [3.63, 3.8) is 0 Å². The number of alkyl halides is 3. The molecule has 0 saturated carbocycles. The molecule has 0 amide bonds. The number of halogens is 3. The van der Waals surface area contributed by atoms with Gasteiger partial charge in [0.05, 0.1) is 45.1 Å². The first-order valence-corrected chi connectivity index (χ1v) is 22.0. The molecule has 11 aromatic rings. The third-order valence-electron chi connectivity index (χ3n) is 12.2. The van der Waals surface area contributed by atoms with Crippen molar-refractivity contribution in [2.45, 2.75) is 20.0 Å². The van der Waals surface area contributed by atoms with Crippen LogP contribution < -0.4 is 0 Å². The fourth-order valence-corrected chi connectivity index (χ4v) is 9.06. The van der Waals surface area contributed by atoms with Gasteiger partial charge in [0.25, 0.3) is 0 Å². The lowest BCUT2D eigenvalue weighted by atomic mass is 9.96. The van der Waals surface area contributed by atoms with Crippen LogP contribution in [0.1, 0.15) is 16.7 Å². The third kappa shape index (κ3) is 7.82. The lowest BCUT2D eigenvalue weighted by Gasteiger charge is -2.22. The molecule has 0 aliphatic carbocycles. The summed E-state index contributed by atoms with van der Waals surface area (Å²) in [5.41, 5.74) is 11.1. The van der Waals surface area contributed by atoms with Crippen LogP contribution in [-0.2, 0) is 6.18 Å². The van der Waals surface area contributed by atoms with Gasteiger partial charge in [0, 0.05) is 44.2 Å². The number of hydrogen-bond acceptors (Lipinski definition) is 4. The van der Waals surface area contributed by atoms with Crippen molar-refractivity contribution in [2.75, 3.05) is 0 Å². The molecular weight excluding hydrogens is 836 g/mol. The van der Waals surface area contributed by atoms with E-state index in [1.807, 2.05) is 146 Å². The first kappa shape index (κ1) is 41.2. The number of hydrogen-bond donors (Lipinski definition) is 0. The Bertz CT molecular complexity index is 3360. The zero-order valence-electron chi connectivity index (χ0n) is 36.5. The van der Waals surface area contributed by atoms with Crippen LogP contribution in [0.25, 0.3) is 106 Å². The van der Waals surface area contributed by atoms with Crippen molar-refractivity contribution in [2.24, 2.45) is 0 Å². The summed E-state index contributed by atoms with van der Waals surface area (Å²) < 4.78 is 49.2. The van der Waals surface area contributed by atoms with Crippen LogP contribution in [0.5, 0.6) is 0 Å². The van der Waals surface area contributed by atoms with E-state index in [1.165, 1.54) is 17.7 Å². The van der Waals surface area contributed by atoms with Crippen molar-refractivity contribution in [3.05, 3.63) is 223 Å². The van der Waals surface area contributed by atoms with Gasteiger partial charge in [-0.15, -0.1) is 0 Å². The number of benzene rings is 8. The maximum Gasteiger partial charge on any atom is 0.416 e. The molecule has 0 saturated heterocycles. The molecule has 11 rings (SSSR count). The average molecular weight is 876 g/mol. The third-order valence-corrected chi connectivity index (χ3v) is 12.2. The molecule has 0 unspecified atom stereocenters. The Labute approximate surface area is 385 Å². The van der Waals surface area contributed by atoms with E-state index in [0.717, 1.165) is 60.8 Å². The summed E-state index contributed by atoms with van der Waals surface area (Å²) in [6, 6.07) is 65.3. The molecule has 8 heteroatoms. The highest BCUT2D eigenvalue weighted by atomic mass is 19.4. The summed E-state index contributed by atoms with van der Waals surface area (Å²) in [7, 11) is 0. The quantitative estimate of drug-likeness (QED) is 0.153. The first-order valence-electron chi connectivity index (χ1n) is 22.0. The van der Waals surface area contributed by atoms with Crippen LogP contribution in [-0.4, -0.2) is 24.5 Å². The number of nitrogens with zero attached hydrogens (tertiary/aromatic N) is 5. The van der Waals surface area contributed by atoms with Crippen LogP contribution in [0.3, 0.4) is 0 Å². The SMILES string of the molecule is Cc1ccc(-c2ccc3c(c2)c2ccccc2n3-c2c(-c3cc(-c4ccccc4)nc(-c4ccccc4)n3)cc(C(F)(F)F)cc2-c2nc(-c3ccccc3)cc(-c3ccccc3)n2)c(C)c1. The molecule has 5 nitrogen and oxygen atoms in total. The van der Waals surface area contributed by atoms with Crippen molar-refractivity contribution in [1.82, 2.24) is 24.5 Å². The Kier molecular flexibility index (Phi) is 10.3. The van der Waals surface area contributed by atoms with Crippen LogP contribution in [0.15, 0.2) is 206 Å². The summed E-state index contributed by atoms with van der Waals surface area (Å²) >= 11 is 0. The lowest BCUT2D eigenvalue weighted by molar-refractivity contribution is -0.137. The van der Waals surface area contributed by atoms with Crippen LogP contribution >= 0.6 is 0 Å². The smallest absolute Gasteiger partial charge is 0.308 e. The summed E-state index contributed by atoms with van der Waals surface area (Å²) in [5.74, 6) is 0.497. The average Bonchev–Trinajstić information content (AvgIpc) is 3.69. The van der Waals surface area contributed by atoms with Gasteiger partial charge in [-0.25, -0.2) is 19.9 Å². The van der Waals surface area contributed by atoms with Crippen molar-refractivity contribution in [3.8, 4) is 84.6 Å². The molecular formula is C59H40F3N5. The highest BCUT2D eigenvalue weighted by molar-refractivity contribution is 6.12. The summed E-state index contributed by atoms with van der Waals surface area (Å²) in [5, 5.41) is 1.87. The van der Waals surface area contributed by atoms with Gasteiger partial charge in [0.1, 0.15) is 0 Å². The summed E-state index contributed by atoms with van der Waals surface area (Å²) in [4.78, 5) is 20.5. The predicted molar refractivity (Wildman–Crippen MR) is 264 cm³/mol. The number of fused-ring (bicyclic) bond motifs is 3. The Morgan fingerprint density at radius 2 is 0.866 bits per heavy atom. The van der Waals surface area contributed by atoms with E-state index in [-0.39, 0.29) is 17.0 Å². The van der Waals surface area contributed by atoms with Gasteiger partial charge in [-0.3, -0.25) is 0 Å². The number of para-hydroxylation sites is 1. The maximum atomic E-state index is 15.7. The molecule has 0 aliphatic rings. The Morgan fingerprint density at radius 3 is 1.45 bits per heavy atom. The minimum Gasteiger partial charge on any atom is -0.308 e. The molecule has 67 heavy (non-hydrogen) atoms. The number of aromatic nitrogens is 5. The Balaban J connectivity index is 1.30. The van der Waals surface area contributed by atoms with E-state index < -0.39 is 11.7 Å². The Morgan fingerprint density at radius 1 is 0.373 bits per heavy atom. The van der Waals surface area contributed by atoms with Gasteiger partial charge in [0.2, 0.25) is 0 Å². The zero-order valence-corrected chi connectivity index (χ0v) is 36.5. The molecule has 0 N–H and O–H groups in total. The van der Waals surface area contributed by atoms with Crippen molar-refractivity contribution >= 4 is 21.8 Å². The topological polar surface area (TPSA) is 56.5 Å². The van der Waals surface area contributed by atoms with Crippen LogP contribution in [0.4, 0.5) is 13.2 Å². The zero-order chi connectivity index (χ0) is 45.6. The molecule has 3 heterocycles. The normalized spacial score (nSPS) is 11.7. The van der Waals surface area contributed by atoms with Gasteiger partial charge in [-0.2, -0.15) is 13.2 Å². The maximum absolute atomic E-state index is 15.7. The molecule has 0 fully saturated rings. The first-order chi connectivity index (χ1) is 32.7. The second-order valence-corrected chi connectivity index (χ2v) is 16.7. The highest BCUT2D eigenvalue weighted by Crippen LogP contribution is 2.46. The van der Waals surface area contributed by atoms with Gasteiger partial charge in [-0.1, -0.05) is 169 Å². The molecule has 0 spiro atoms. The van der Waals surface area contributed by atoms with Crippen molar-refractivity contribution in [1.29, 1.82) is 0 Å². The van der Waals surface area contributed by atoms with E-state index in [2.05, 4.69) is 60.9 Å². The molecule has 0 bridgehead atoms. The molecule has 0 radical (unpaired) electrons. The van der Waals surface area contributed by atoms with Crippen LogP contribution in [0, 0.1) is 13.8 Å². The van der Waals surface area contributed by atoms with Crippen molar-refractivity contribution < 1.29 is 13.2 Å². The molecule has 0 atom stereocenters. The van der Waals surface area contributed by atoms with E-state index in [4.69, 9.17) is 19.9 Å². The van der Waals surface area contributed by atoms with E-state index in [0.29, 0.717) is 34.3 Å². The monoisotopic (exact) mass is 875 g/mol. The van der Waals surface area contributed by atoms with E-state index in [1.54, 1.807) is 6.07 Å². The number of rotatable bonds is 8. The van der Waals surface area contributed by atoms with Gasteiger partial charge in [-0.05, 0) is 73.0 Å². The second-order valence-electron chi connectivity index (χ2n) is 16.7. The van der Waals surface area contributed by atoms with E-state index in [9.17, 15) is 0 Å².